The molecule has 2 bridgehead atoms. The molecule has 1 aromatic heterocycles. The number of carbonyl (C=O) groups is 1. The Labute approximate surface area is 285 Å². The van der Waals surface area contributed by atoms with Gasteiger partial charge in [-0.25, -0.2) is 13.5 Å². The van der Waals surface area contributed by atoms with E-state index in [0.717, 1.165) is 69.8 Å². The molecule has 6 heterocycles. The lowest BCUT2D eigenvalue weighted by Gasteiger charge is -2.33. The van der Waals surface area contributed by atoms with Crippen molar-refractivity contribution < 1.29 is 18.5 Å². The van der Waals surface area contributed by atoms with Gasteiger partial charge in [-0.1, -0.05) is 25.3 Å². The van der Waals surface area contributed by atoms with Gasteiger partial charge in [-0.3, -0.25) is 10.2 Å². The second-order valence-corrected chi connectivity index (χ2v) is 16.6. The highest BCUT2D eigenvalue weighted by molar-refractivity contribution is 7.84. The van der Waals surface area contributed by atoms with E-state index in [-0.39, 0.29) is 11.8 Å². The molecule has 7 aliphatic rings. The largest absolute Gasteiger partial charge is 0.497 e. The van der Waals surface area contributed by atoms with Gasteiger partial charge in [0.15, 0.2) is 0 Å². The number of methoxy groups -OCH3 is 1. The molecular weight excluding hydrogens is 625 g/mol. The van der Waals surface area contributed by atoms with Gasteiger partial charge in [0.05, 0.1) is 30.8 Å². The minimum absolute atomic E-state index is 0.158. The molecule has 4 saturated heterocycles. The summed E-state index contributed by atoms with van der Waals surface area (Å²) in [5.74, 6) is 1.36. The molecule has 3 atom stereocenters. The van der Waals surface area contributed by atoms with Gasteiger partial charge in [0.25, 0.3) is 5.91 Å². The molecule has 2 N–H and O–H groups in total. The van der Waals surface area contributed by atoms with Crippen LogP contribution < -0.4 is 15.7 Å². The van der Waals surface area contributed by atoms with E-state index in [4.69, 9.17) is 9.47 Å². The first-order valence-electron chi connectivity index (χ1n) is 18.2. The average Bonchev–Trinajstić information content (AvgIpc) is 3.89. The molecule has 3 unspecified atom stereocenters. The summed E-state index contributed by atoms with van der Waals surface area (Å²) in [4.78, 5) is 16.1. The third-order valence-corrected chi connectivity index (χ3v) is 14.4. The van der Waals surface area contributed by atoms with Crippen LogP contribution in [-0.4, -0.2) is 99.3 Å². The average molecular weight is 673 g/mol. The zero-order valence-electron chi connectivity index (χ0n) is 28.0. The van der Waals surface area contributed by atoms with Gasteiger partial charge in [0, 0.05) is 66.7 Å². The van der Waals surface area contributed by atoms with E-state index < -0.39 is 15.7 Å². The quantitative estimate of drug-likeness (QED) is 0.357. The molecule has 6 fully saturated rings. The maximum absolute atomic E-state index is 15.1. The molecule has 10 rings (SSSR count). The number of hydrogen-bond donors (Lipinski definition) is 2. The molecule has 48 heavy (non-hydrogen) atoms. The van der Waals surface area contributed by atoms with E-state index in [1.807, 2.05) is 11.1 Å². The van der Waals surface area contributed by atoms with Crippen molar-refractivity contribution in [3.8, 4) is 17.0 Å². The van der Waals surface area contributed by atoms with Crippen molar-refractivity contribution in [2.75, 3.05) is 59.6 Å². The number of morpholine rings is 1. The molecule has 5 aliphatic heterocycles. The third-order valence-electron chi connectivity index (χ3n) is 12.2. The summed E-state index contributed by atoms with van der Waals surface area (Å²) >= 11 is 0. The van der Waals surface area contributed by atoms with Crippen LogP contribution in [0.4, 0.5) is 0 Å². The van der Waals surface area contributed by atoms with Crippen molar-refractivity contribution in [3.05, 3.63) is 53.1 Å². The molecule has 256 valence electrons. The fourth-order valence-corrected chi connectivity index (χ4v) is 11.6. The summed E-state index contributed by atoms with van der Waals surface area (Å²) in [7, 11) is 0.589. The van der Waals surface area contributed by atoms with E-state index in [1.165, 1.54) is 59.9 Å². The lowest BCUT2D eigenvalue weighted by molar-refractivity contribution is 0.00223. The number of nitrogens with one attached hydrogen (secondary N) is 2. The Kier molecular flexibility index (Phi) is 8.13. The van der Waals surface area contributed by atoms with E-state index in [2.05, 4.69) is 55.1 Å². The zero-order chi connectivity index (χ0) is 32.4. The molecule has 1 amide bonds. The summed E-state index contributed by atoms with van der Waals surface area (Å²) < 4.78 is 30.9. The van der Waals surface area contributed by atoms with Gasteiger partial charge in [0.1, 0.15) is 16.7 Å². The number of ether oxygens (including phenoxy) is 2. The normalized spacial score (nSPS) is 29.7. The van der Waals surface area contributed by atoms with Gasteiger partial charge in [-0.15, -0.1) is 0 Å². The standard InChI is InChI=1S/C37H48N6O4S/c1-46-28-8-10-29-31(22-28)32-23-37(32,48(45)43-16-15-40-13-11-27(43)12-14-40)24-42-33-21-26(36(44)38-39-41-17-19-47-20-18-41)7-9-30(33)34(35(29)42)25-5-3-2-4-6-25/h7-10,21-22,25,27,32,39H,2-6,11-20,23-24H2,1H3,(H,38,44). The highest BCUT2D eigenvalue weighted by atomic mass is 32.2. The fraction of sp³-hybridized carbons (Fsp3) is 0.595. The lowest BCUT2D eigenvalue weighted by Crippen LogP contribution is -2.53. The number of nitrogens with zero attached hydrogens (tertiary/aromatic N) is 4. The predicted molar refractivity (Wildman–Crippen MR) is 187 cm³/mol. The van der Waals surface area contributed by atoms with Crippen LogP contribution in [0.2, 0.25) is 0 Å². The first-order chi connectivity index (χ1) is 23.5. The van der Waals surface area contributed by atoms with E-state index in [1.54, 1.807) is 7.11 Å². The number of hydrogen-bond acceptors (Lipinski definition) is 7. The molecule has 0 spiro atoms. The van der Waals surface area contributed by atoms with Crippen molar-refractivity contribution in [1.29, 1.82) is 0 Å². The van der Waals surface area contributed by atoms with Crippen molar-refractivity contribution in [1.82, 2.24) is 29.7 Å². The van der Waals surface area contributed by atoms with Crippen LogP contribution in [0.15, 0.2) is 36.4 Å². The minimum atomic E-state index is -1.15. The monoisotopic (exact) mass is 672 g/mol. The van der Waals surface area contributed by atoms with E-state index in [9.17, 15) is 4.79 Å². The molecule has 2 aromatic carbocycles. The Morgan fingerprint density at radius 3 is 2.56 bits per heavy atom. The van der Waals surface area contributed by atoms with Crippen LogP contribution >= 0.6 is 0 Å². The topological polar surface area (TPSA) is 91.3 Å². The first kappa shape index (κ1) is 31.2. The number of fused-ring (bicyclic) bond motifs is 11. The molecule has 2 aliphatic carbocycles. The van der Waals surface area contributed by atoms with Crippen LogP contribution in [0, 0.1) is 0 Å². The highest BCUT2D eigenvalue weighted by Gasteiger charge is 2.64. The van der Waals surface area contributed by atoms with Crippen LogP contribution in [0.3, 0.4) is 0 Å². The molecule has 3 aromatic rings. The molecule has 2 saturated carbocycles. The second kappa shape index (κ2) is 12.5. The summed E-state index contributed by atoms with van der Waals surface area (Å²) in [6.07, 6.45) is 9.21. The Balaban J connectivity index is 1.17. The van der Waals surface area contributed by atoms with Crippen LogP contribution in [-0.2, 0) is 22.3 Å². The number of piperidine rings is 1. The molecule has 0 radical (unpaired) electrons. The number of aromatic nitrogens is 1. The van der Waals surface area contributed by atoms with Crippen LogP contribution in [0.5, 0.6) is 5.75 Å². The van der Waals surface area contributed by atoms with Crippen molar-refractivity contribution in [2.24, 2.45) is 0 Å². The number of hydrazine groups is 2. The predicted octanol–water partition coefficient (Wildman–Crippen LogP) is 4.53. The van der Waals surface area contributed by atoms with Crippen LogP contribution in [0.1, 0.15) is 84.7 Å². The summed E-state index contributed by atoms with van der Waals surface area (Å²) in [5.41, 5.74) is 12.9. The number of benzene rings is 2. The smallest absolute Gasteiger partial charge is 0.266 e. The summed E-state index contributed by atoms with van der Waals surface area (Å²) in [5, 5.41) is 3.21. The van der Waals surface area contributed by atoms with Crippen LogP contribution in [0.25, 0.3) is 22.2 Å². The van der Waals surface area contributed by atoms with Gasteiger partial charge in [-0.2, -0.15) is 5.53 Å². The SMILES string of the molecule is COc1ccc2c(c1)C1CC1(S(=O)N1CCN3CCC1CC3)Cn1c-2c(C2CCCCC2)c2ccc(C(=O)NNN3CCOCC3)cc21. The van der Waals surface area contributed by atoms with Gasteiger partial charge < -0.3 is 18.9 Å². The van der Waals surface area contributed by atoms with Crippen molar-refractivity contribution in [3.63, 3.8) is 0 Å². The number of carbonyl (C=O) groups excluding carboxylic acids is 1. The Morgan fingerprint density at radius 1 is 0.958 bits per heavy atom. The Hall–Kier alpha value is -2.80. The van der Waals surface area contributed by atoms with E-state index in [0.29, 0.717) is 37.3 Å². The second-order valence-electron chi connectivity index (χ2n) is 14.8. The molecular formula is C37H48N6O4S. The first-order valence-corrected chi connectivity index (χ1v) is 19.3. The Morgan fingerprint density at radius 2 is 1.77 bits per heavy atom. The van der Waals surface area contributed by atoms with E-state index >= 15 is 4.21 Å². The summed E-state index contributed by atoms with van der Waals surface area (Å²) in [6, 6.07) is 13.2. The molecule has 10 nitrogen and oxygen atoms in total. The minimum Gasteiger partial charge on any atom is -0.497 e. The number of rotatable bonds is 7. The highest BCUT2D eigenvalue weighted by Crippen LogP contribution is 2.63. The van der Waals surface area contributed by atoms with Crippen molar-refractivity contribution >= 4 is 27.8 Å². The summed E-state index contributed by atoms with van der Waals surface area (Å²) in [6.45, 7) is 7.48. The van der Waals surface area contributed by atoms with Gasteiger partial charge >= 0.3 is 0 Å². The Bertz CT molecular complexity index is 1740. The third kappa shape index (κ3) is 5.24. The van der Waals surface area contributed by atoms with Gasteiger partial charge in [0.2, 0.25) is 0 Å². The molecule has 11 heteroatoms. The van der Waals surface area contributed by atoms with Crippen molar-refractivity contribution in [2.45, 2.75) is 80.5 Å². The number of amides is 1. The zero-order valence-corrected chi connectivity index (χ0v) is 28.9. The fourth-order valence-electron chi connectivity index (χ4n) is 9.50. The maximum Gasteiger partial charge on any atom is 0.266 e. The van der Waals surface area contributed by atoms with Gasteiger partial charge in [-0.05, 0) is 92.6 Å². The maximum atomic E-state index is 15.1. The lowest BCUT2D eigenvalue weighted by atomic mass is 9.81.